The third kappa shape index (κ3) is 2.84. The summed E-state index contributed by atoms with van der Waals surface area (Å²) in [5, 5.41) is 10.2. The van der Waals surface area contributed by atoms with Gasteiger partial charge in [-0.25, -0.2) is 23.1 Å². The van der Waals surface area contributed by atoms with Gasteiger partial charge in [-0.05, 0) is 57.2 Å². The van der Waals surface area contributed by atoms with Crippen molar-refractivity contribution in [2.24, 2.45) is 0 Å². The number of rotatable bonds is 4. The van der Waals surface area contributed by atoms with Gasteiger partial charge in [0.2, 0.25) is 10.0 Å². The Morgan fingerprint density at radius 1 is 1.34 bits per heavy atom. The number of nitrogens with one attached hydrogen (secondary N) is 1. The molecule has 152 valence electrons. The van der Waals surface area contributed by atoms with Crippen LogP contribution in [0.2, 0.25) is 0 Å². The molecule has 6 rings (SSSR count). The fourth-order valence-corrected chi connectivity index (χ4v) is 6.19. The first-order valence-electron chi connectivity index (χ1n) is 10.8. The quantitative estimate of drug-likeness (QED) is 0.597. The van der Waals surface area contributed by atoms with Crippen molar-refractivity contribution < 1.29 is 17.6 Å². The molecular formula is C20H23N5O3S. The average molecular weight is 417 g/mol. The minimum absolute atomic E-state index is 0.00309. The van der Waals surface area contributed by atoms with Gasteiger partial charge in [-0.1, -0.05) is 6.07 Å². The predicted octanol–water partition coefficient (Wildman–Crippen LogP) is 1.93. The number of fused-ring (bicyclic) bond motifs is 2. The van der Waals surface area contributed by atoms with Crippen LogP contribution in [-0.2, 0) is 10.0 Å². The Labute approximate surface area is 173 Å². The molecule has 0 atom stereocenters. The lowest BCUT2D eigenvalue weighted by molar-refractivity contribution is -0.0362. The van der Waals surface area contributed by atoms with Crippen LogP contribution >= 0.6 is 0 Å². The molecule has 0 saturated heterocycles. The van der Waals surface area contributed by atoms with Crippen LogP contribution in [0.3, 0.4) is 0 Å². The van der Waals surface area contributed by atoms with E-state index in [1.807, 2.05) is 0 Å². The average Bonchev–Trinajstić information content (AvgIpc) is 3.30. The molecule has 4 N–H and O–H groups in total. The second-order valence-electron chi connectivity index (χ2n) is 8.28. The largest absolute Gasteiger partial charge is 0.390 e. The lowest BCUT2D eigenvalue weighted by atomic mass is 9.74. The predicted molar refractivity (Wildman–Crippen MR) is 109 cm³/mol. The Bertz CT molecular complexity index is 1360. The SMILES string of the molecule is [2H]C([2H])([2H])c1ccc(S(=O)(=O)NC23CCC(O)(C2)C3)cc1-c1cnc2c(N)nc(C)cn12. The fourth-order valence-electron chi connectivity index (χ4n) is 4.74. The summed E-state index contributed by atoms with van der Waals surface area (Å²) >= 11 is 0. The Kier molecular flexibility index (Phi) is 3.06. The van der Waals surface area contributed by atoms with E-state index in [-0.39, 0.29) is 21.8 Å². The number of aliphatic hydroxyl groups is 1. The van der Waals surface area contributed by atoms with Crippen molar-refractivity contribution in [2.45, 2.75) is 55.5 Å². The highest BCUT2D eigenvalue weighted by Gasteiger charge is 2.61. The maximum absolute atomic E-state index is 13.2. The molecule has 3 aliphatic carbocycles. The molecule has 1 aromatic carbocycles. The number of hydrogen-bond acceptors (Lipinski definition) is 6. The molecule has 9 heteroatoms. The third-order valence-electron chi connectivity index (χ3n) is 5.97. The highest BCUT2D eigenvalue weighted by atomic mass is 32.2. The number of hydrogen-bond donors (Lipinski definition) is 3. The van der Waals surface area contributed by atoms with E-state index in [1.165, 1.54) is 24.4 Å². The van der Waals surface area contributed by atoms with E-state index in [2.05, 4.69) is 14.7 Å². The molecule has 29 heavy (non-hydrogen) atoms. The molecule has 3 aliphatic rings. The van der Waals surface area contributed by atoms with Crippen LogP contribution in [0.5, 0.6) is 0 Å². The molecule has 3 fully saturated rings. The zero-order valence-electron chi connectivity index (χ0n) is 18.8. The van der Waals surface area contributed by atoms with E-state index in [9.17, 15) is 13.5 Å². The summed E-state index contributed by atoms with van der Waals surface area (Å²) in [5.74, 6) is 0.190. The van der Waals surface area contributed by atoms with Gasteiger partial charge >= 0.3 is 0 Å². The van der Waals surface area contributed by atoms with Crippen LogP contribution in [0.15, 0.2) is 35.5 Å². The monoisotopic (exact) mass is 416 g/mol. The molecule has 0 spiro atoms. The second kappa shape index (κ2) is 5.78. The smallest absolute Gasteiger partial charge is 0.241 e. The molecule has 2 bridgehead atoms. The summed E-state index contributed by atoms with van der Waals surface area (Å²) in [4.78, 5) is 8.38. The van der Waals surface area contributed by atoms with Crippen molar-refractivity contribution in [3.05, 3.63) is 41.9 Å². The number of nitrogen functional groups attached to an aromatic ring is 1. The van der Waals surface area contributed by atoms with Crippen LogP contribution < -0.4 is 10.5 Å². The molecule has 2 aromatic heterocycles. The number of sulfonamides is 1. The van der Waals surface area contributed by atoms with Crippen molar-refractivity contribution in [3.8, 4) is 11.3 Å². The molecule has 3 saturated carbocycles. The summed E-state index contributed by atoms with van der Waals surface area (Å²) in [6.07, 6.45) is 5.04. The van der Waals surface area contributed by atoms with E-state index >= 15 is 0 Å². The number of imidazole rings is 1. The number of nitrogens with zero attached hydrogens (tertiary/aromatic N) is 3. The molecule has 0 unspecified atom stereocenters. The lowest BCUT2D eigenvalue weighted by Gasteiger charge is -2.44. The standard InChI is InChI=1S/C20H23N5O3S/c1-12-3-4-14(29(27,28)24-19-5-6-20(26,10-19)11-19)7-15(12)16-8-22-18-17(21)23-13(2)9-25(16)18/h3-4,7-9,24,26H,5-6,10-11H2,1-2H3,(H2,21,23)/i1D3. The van der Waals surface area contributed by atoms with Crippen molar-refractivity contribution in [3.63, 3.8) is 0 Å². The highest BCUT2D eigenvalue weighted by molar-refractivity contribution is 7.89. The van der Waals surface area contributed by atoms with Gasteiger partial charge in [0, 0.05) is 21.4 Å². The van der Waals surface area contributed by atoms with Gasteiger partial charge in [-0.2, -0.15) is 0 Å². The Balaban J connectivity index is 1.64. The third-order valence-corrected chi connectivity index (χ3v) is 7.55. The topological polar surface area (TPSA) is 123 Å². The first-order chi connectivity index (χ1) is 14.8. The first-order valence-corrected chi connectivity index (χ1v) is 10.8. The highest BCUT2D eigenvalue weighted by Crippen LogP contribution is 2.55. The Hall–Kier alpha value is -2.49. The summed E-state index contributed by atoms with van der Waals surface area (Å²) in [7, 11) is -3.95. The van der Waals surface area contributed by atoms with Gasteiger partial charge < -0.3 is 10.8 Å². The summed E-state index contributed by atoms with van der Waals surface area (Å²) in [6, 6.07) is 3.97. The number of aryl methyl sites for hydroxylation is 2. The van der Waals surface area contributed by atoms with E-state index in [0.29, 0.717) is 42.7 Å². The van der Waals surface area contributed by atoms with E-state index < -0.39 is 28.0 Å². The maximum atomic E-state index is 13.2. The maximum Gasteiger partial charge on any atom is 0.241 e. The molecular weight excluding hydrogens is 390 g/mol. The van der Waals surface area contributed by atoms with Gasteiger partial charge in [0.15, 0.2) is 11.5 Å². The Morgan fingerprint density at radius 3 is 2.83 bits per heavy atom. The minimum atomic E-state index is -3.95. The number of benzene rings is 1. The summed E-state index contributed by atoms with van der Waals surface area (Å²) in [5.41, 5.74) is 6.13. The zero-order valence-corrected chi connectivity index (χ0v) is 16.6. The van der Waals surface area contributed by atoms with Crippen LogP contribution in [0.1, 0.15) is 41.1 Å². The number of anilines is 1. The van der Waals surface area contributed by atoms with Crippen LogP contribution in [0, 0.1) is 13.8 Å². The molecule has 3 aromatic rings. The summed E-state index contributed by atoms with van der Waals surface area (Å²) in [6.45, 7) is -0.729. The van der Waals surface area contributed by atoms with Crippen molar-refractivity contribution in [1.82, 2.24) is 19.1 Å². The van der Waals surface area contributed by atoms with Crippen LogP contribution in [0.4, 0.5) is 5.82 Å². The summed E-state index contributed by atoms with van der Waals surface area (Å²) < 4.78 is 54.6. The van der Waals surface area contributed by atoms with Crippen molar-refractivity contribution in [2.75, 3.05) is 5.73 Å². The molecule has 8 nitrogen and oxygen atoms in total. The van der Waals surface area contributed by atoms with E-state index in [0.717, 1.165) is 0 Å². The van der Waals surface area contributed by atoms with Crippen molar-refractivity contribution >= 4 is 21.5 Å². The van der Waals surface area contributed by atoms with E-state index in [4.69, 9.17) is 9.85 Å². The molecule has 2 heterocycles. The minimum Gasteiger partial charge on any atom is -0.390 e. The van der Waals surface area contributed by atoms with Gasteiger partial charge in [0.25, 0.3) is 0 Å². The molecule has 0 amide bonds. The van der Waals surface area contributed by atoms with E-state index in [1.54, 1.807) is 17.5 Å². The van der Waals surface area contributed by atoms with Crippen LogP contribution in [0.25, 0.3) is 16.9 Å². The molecule has 0 aliphatic heterocycles. The van der Waals surface area contributed by atoms with Gasteiger partial charge in [-0.3, -0.25) is 4.40 Å². The van der Waals surface area contributed by atoms with Crippen LogP contribution in [-0.4, -0.2) is 39.0 Å². The second-order valence-corrected chi connectivity index (χ2v) is 9.96. The van der Waals surface area contributed by atoms with Gasteiger partial charge in [0.1, 0.15) is 0 Å². The normalized spacial score (nSPS) is 28.0. The van der Waals surface area contributed by atoms with Crippen molar-refractivity contribution in [1.29, 1.82) is 0 Å². The Morgan fingerprint density at radius 2 is 2.14 bits per heavy atom. The lowest BCUT2D eigenvalue weighted by Crippen LogP contribution is -2.58. The molecule has 0 radical (unpaired) electrons. The number of nitrogens with two attached hydrogens (primary N) is 1. The zero-order chi connectivity index (χ0) is 23.1. The van der Waals surface area contributed by atoms with Gasteiger partial charge in [-0.15, -0.1) is 0 Å². The van der Waals surface area contributed by atoms with Gasteiger partial charge in [0.05, 0.1) is 28.1 Å². The first kappa shape index (κ1) is 15.4. The number of aromatic nitrogens is 3. The fraction of sp³-hybridized carbons (Fsp3) is 0.400.